The lowest BCUT2D eigenvalue weighted by atomic mass is 9.97. The highest BCUT2D eigenvalue weighted by Crippen LogP contribution is 2.40. The minimum atomic E-state index is -4.61. The number of fused-ring (bicyclic) bond motifs is 1. The molecule has 1 aromatic heterocycles. The number of ether oxygens (including phenoxy) is 2. The van der Waals surface area contributed by atoms with Gasteiger partial charge in [-0.15, -0.1) is 0 Å². The molecule has 1 atom stereocenters. The Morgan fingerprint density at radius 1 is 1.27 bits per heavy atom. The molecule has 5 nitrogen and oxygen atoms in total. The highest BCUT2D eigenvalue weighted by molar-refractivity contribution is 5.87. The predicted molar refractivity (Wildman–Crippen MR) is 89.1 cm³/mol. The first-order valence-corrected chi connectivity index (χ1v) is 8.50. The van der Waals surface area contributed by atoms with Crippen LogP contribution in [0.25, 0.3) is 11.0 Å². The molecule has 1 aromatic carbocycles. The van der Waals surface area contributed by atoms with Crippen LogP contribution < -0.4 is 4.74 Å². The van der Waals surface area contributed by atoms with E-state index in [-0.39, 0.29) is 11.0 Å². The van der Waals surface area contributed by atoms with Crippen LogP contribution >= 0.6 is 0 Å². The predicted octanol–water partition coefficient (Wildman–Crippen LogP) is 4.69. The summed E-state index contributed by atoms with van der Waals surface area (Å²) in [6, 6.07) is 1.40. The van der Waals surface area contributed by atoms with Gasteiger partial charge in [-0.2, -0.15) is 13.2 Å². The molecule has 0 bridgehead atoms. The highest BCUT2D eigenvalue weighted by atomic mass is 19.4. The average Bonchev–Trinajstić information content (AvgIpc) is 3.00. The quantitative estimate of drug-likeness (QED) is 0.659. The summed E-state index contributed by atoms with van der Waals surface area (Å²) < 4.78 is 55.2. The molecule has 0 spiro atoms. The molecule has 0 amide bonds. The van der Waals surface area contributed by atoms with E-state index in [9.17, 15) is 18.0 Å². The second-order valence-electron chi connectivity index (χ2n) is 6.03. The highest BCUT2D eigenvalue weighted by Gasteiger charge is 2.38. The largest absolute Gasteiger partial charge is 0.478 e. The Hall–Kier alpha value is -2.25. The van der Waals surface area contributed by atoms with Crippen LogP contribution in [0.5, 0.6) is 5.75 Å². The number of halogens is 3. The van der Waals surface area contributed by atoms with E-state index in [1.807, 2.05) is 13.8 Å². The van der Waals surface area contributed by atoms with Gasteiger partial charge < -0.3 is 14.0 Å². The van der Waals surface area contributed by atoms with Crippen molar-refractivity contribution in [1.29, 1.82) is 0 Å². The number of methoxy groups -OCH3 is 1. The standard InChI is InChI=1S/C18H22F3NO4/c1-5-7-11-9-13-15(26-22-16(13)18(19,20)21)12(8-6-2)14(11)25-10(3)17(23)24-4/h9-10H,5-8H2,1-4H3. The smallest absolute Gasteiger partial charge is 0.437 e. The van der Waals surface area contributed by atoms with Crippen LogP contribution in [0.4, 0.5) is 13.2 Å². The van der Waals surface area contributed by atoms with Crippen molar-refractivity contribution in [3.8, 4) is 5.75 Å². The third-order valence-electron chi connectivity index (χ3n) is 4.00. The Balaban J connectivity index is 2.70. The van der Waals surface area contributed by atoms with E-state index in [1.54, 1.807) is 0 Å². The van der Waals surface area contributed by atoms with Crippen molar-refractivity contribution < 1.29 is 32.0 Å². The van der Waals surface area contributed by atoms with Gasteiger partial charge in [0, 0.05) is 5.56 Å². The van der Waals surface area contributed by atoms with Gasteiger partial charge in [0.2, 0.25) is 0 Å². The summed E-state index contributed by atoms with van der Waals surface area (Å²) in [5.74, 6) is -0.187. The van der Waals surface area contributed by atoms with Crippen LogP contribution in [0.15, 0.2) is 10.6 Å². The number of rotatable bonds is 7. The molecule has 0 saturated carbocycles. The van der Waals surface area contributed by atoms with E-state index in [4.69, 9.17) is 9.26 Å². The van der Waals surface area contributed by atoms with Gasteiger partial charge in [0.1, 0.15) is 5.75 Å². The van der Waals surface area contributed by atoms with Crippen LogP contribution in [-0.4, -0.2) is 24.3 Å². The van der Waals surface area contributed by atoms with Gasteiger partial charge in [-0.1, -0.05) is 31.8 Å². The van der Waals surface area contributed by atoms with Crippen molar-refractivity contribution in [3.63, 3.8) is 0 Å². The van der Waals surface area contributed by atoms with Crippen molar-refractivity contribution in [2.75, 3.05) is 7.11 Å². The topological polar surface area (TPSA) is 61.6 Å². The number of carbonyl (C=O) groups excluding carboxylic acids is 1. The van der Waals surface area contributed by atoms with E-state index >= 15 is 0 Å². The minimum Gasteiger partial charge on any atom is -0.478 e. The zero-order valence-corrected chi connectivity index (χ0v) is 15.2. The summed E-state index contributed by atoms with van der Waals surface area (Å²) in [6.45, 7) is 5.34. The van der Waals surface area contributed by atoms with Crippen LogP contribution in [-0.2, 0) is 28.5 Å². The Labute approximate surface area is 149 Å². The van der Waals surface area contributed by atoms with Crippen LogP contribution in [0.2, 0.25) is 0 Å². The van der Waals surface area contributed by atoms with E-state index in [2.05, 4.69) is 9.89 Å². The van der Waals surface area contributed by atoms with Crippen molar-refractivity contribution in [3.05, 3.63) is 22.9 Å². The Morgan fingerprint density at radius 3 is 2.46 bits per heavy atom. The molecule has 0 saturated heterocycles. The van der Waals surface area contributed by atoms with Crippen molar-refractivity contribution in [2.24, 2.45) is 0 Å². The number of benzene rings is 1. The molecule has 2 aromatic rings. The van der Waals surface area contributed by atoms with Gasteiger partial charge in [-0.3, -0.25) is 0 Å². The molecule has 0 aliphatic heterocycles. The number of hydrogen-bond acceptors (Lipinski definition) is 5. The van der Waals surface area contributed by atoms with Gasteiger partial charge in [-0.25, -0.2) is 4.79 Å². The third-order valence-corrected chi connectivity index (χ3v) is 4.00. The van der Waals surface area contributed by atoms with Crippen LogP contribution in [0, 0.1) is 0 Å². The van der Waals surface area contributed by atoms with Gasteiger partial charge in [0.15, 0.2) is 17.4 Å². The molecule has 0 fully saturated rings. The number of nitrogens with zero attached hydrogens (tertiary/aromatic N) is 1. The Bertz CT molecular complexity index is 783. The van der Waals surface area contributed by atoms with Gasteiger partial charge in [-0.05, 0) is 31.4 Å². The molecular weight excluding hydrogens is 351 g/mol. The third kappa shape index (κ3) is 3.94. The van der Waals surface area contributed by atoms with E-state index in [1.165, 1.54) is 20.1 Å². The SMILES string of the molecule is CCCc1cc2c(C(F)(F)F)noc2c(CCC)c1OC(C)C(=O)OC. The number of hydrogen-bond donors (Lipinski definition) is 0. The molecular formula is C18H22F3NO4. The molecule has 144 valence electrons. The molecule has 0 aliphatic carbocycles. The molecule has 0 N–H and O–H groups in total. The van der Waals surface area contributed by atoms with Crippen LogP contribution in [0.3, 0.4) is 0 Å². The number of carbonyl (C=O) groups is 1. The zero-order chi connectivity index (χ0) is 19.5. The Kier molecular flexibility index (Phi) is 6.15. The maximum absolute atomic E-state index is 13.2. The molecule has 1 unspecified atom stereocenters. The molecule has 1 heterocycles. The van der Waals surface area contributed by atoms with Crippen molar-refractivity contribution in [1.82, 2.24) is 5.16 Å². The van der Waals surface area contributed by atoms with Crippen LogP contribution in [0.1, 0.15) is 50.4 Å². The molecule has 2 rings (SSSR count). The first kappa shape index (κ1) is 20.1. The lowest BCUT2D eigenvalue weighted by Crippen LogP contribution is -2.26. The summed E-state index contributed by atoms with van der Waals surface area (Å²) in [5.41, 5.74) is 0.0842. The van der Waals surface area contributed by atoms with E-state index in [0.717, 1.165) is 0 Å². The van der Waals surface area contributed by atoms with Gasteiger partial charge in [0.25, 0.3) is 0 Å². The van der Waals surface area contributed by atoms with Crippen molar-refractivity contribution in [2.45, 2.75) is 58.7 Å². The van der Waals surface area contributed by atoms with Crippen molar-refractivity contribution >= 4 is 16.9 Å². The molecule has 8 heteroatoms. The summed E-state index contributed by atoms with van der Waals surface area (Å²) in [7, 11) is 1.25. The fraction of sp³-hybridized carbons (Fsp3) is 0.556. The van der Waals surface area contributed by atoms with E-state index in [0.29, 0.717) is 42.6 Å². The first-order valence-electron chi connectivity index (χ1n) is 8.50. The lowest BCUT2D eigenvalue weighted by molar-refractivity contribution is -0.148. The second kappa shape index (κ2) is 7.97. The number of aryl methyl sites for hydroxylation is 2. The van der Waals surface area contributed by atoms with E-state index < -0.39 is 23.9 Å². The number of alkyl halides is 3. The molecule has 0 radical (unpaired) electrons. The zero-order valence-electron chi connectivity index (χ0n) is 15.2. The molecule has 0 aliphatic rings. The second-order valence-corrected chi connectivity index (χ2v) is 6.03. The normalized spacial score (nSPS) is 13.0. The lowest BCUT2D eigenvalue weighted by Gasteiger charge is -2.19. The average molecular weight is 373 g/mol. The fourth-order valence-electron chi connectivity index (χ4n) is 2.86. The number of aromatic nitrogens is 1. The molecule has 26 heavy (non-hydrogen) atoms. The minimum absolute atomic E-state index is 0.0473. The number of esters is 1. The maximum atomic E-state index is 13.2. The summed E-state index contributed by atoms with van der Waals surface area (Å²) in [4.78, 5) is 11.7. The van der Waals surface area contributed by atoms with Gasteiger partial charge >= 0.3 is 12.1 Å². The van der Waals surface area contributed by atoms with Gasteiger partial charge in [0.05, 0.1) is 12.5 Å². The Morgan fingerprint density at radius 2 is 1.92 bits per heavy atom. The monoisotopic (exact) mass is 373 g/mol. The summed E-state index contributed by atoms with van der Waals surface area (Å²) >= 11 is 0. The fourth-order valence-corrected chi connectivity index (χ4v) is 2.86. The first-order chi connectivity index (χ1) is 12.2. The summed E-state index contributed by atoms with van der Waals surface area (Å²) in [6.07, 6.45) is -3.21. The summed E-state index contributed by atoms with van der Waals surface area (Å²) in [5, 5.41) is 3.15. The maximum Gasteiger partial charge on any atom is 0.437 e.